The number of nitrogens with zero attached hydrogens (tertiary/aromatic N) is 1. The zero-order valence-corrected chi connectivity index (χ0v) is 12.1. The summed E-state index contributed by atoms with van der Waals surface area (Å²) < 4.78 is 4.65. The number of halogens is 3. The number of esters is 1. The summed E-state index contributed by atoms with van der Waals surface area (Å²) in [6, 6.07) is 6.42. The van der Waals surface area contributed by atoms with E-state index in [0.29, 0.717) is 21.3 Å². The van der Waals surface area contributed by atoms with Gasteiger partial charge in [0.2, 0.25) is 0 Å². The number of pyridine rings is 1. The molecule has 6 heteroatoms. The lowest BCUT2D eigenvalue weighted by molar-refractivity contribution is 0.0601. The first-order chi connectivity index (χ1) is 9.04. The molecule has 0 saturated heterocycles. The topological polar surface area (TPSA) is 39.2 Å². The summed E-state index contributed by atoms with van der Waals surface area (Å²) >= 11 is 18.2. The molecule has 2 aromatic rings. The van der Waals surface area contributed by atoms with E-state index in [1.165, 1.54) is 19.4 Å². The molecule has 0 unspecified atom stereocenters. The van der Waals surface area contributed by atoms with Gasteiger partial charge in [0.05, 0.1) is 28.4 Å². The highest BCUT2D eigenvalue weighted by Gasteiger charge is 2.17. The fourth-order valence-electron chi connectivity index (χ4n) is 1.58. The van der Waals surface area contributed by atoms with Crippen LogP contribution in [0, 0.1) is 0 Å². The van der Waals surface area contributed by atoms with Gasteiger partial charge < -0.3 is 4.74 Å². The summed E-state index contributed by atoms with van der Waals surface area (Å²) in [5.41, 5.74) is 1.17. The molecule has 0 saturated carbocycles. The number of benzene rings is 1. The molecule has 0 N–H and O–H groups in total. The molecule has 0 atom stereocenters. The summed E-state index contributed by atoms with van der Waals surface area (Å²) in [6.45, 7) is 0. The molecule has 0 aliphatic rings. The molecule has 0 aliphatic heterocycles. The first kappa shape index (κ1) is 14.1. The molecule has 1 aromatic carbocycles. The second-order valence-corrected chi connectivity index (χ2v) is 4.86. The second-order valence-electron chi connectivity index (χ2n) is 3.64. The van der Waals surface area contributed by atoms with Gasteiger partial charge in [-0.15, -0.1) is 0 Å². The lowest BCUT2D eigenvalue weighted by atomic mass is 10.1. The molecular weight excluding hydrogens is 309 g/mol. The molecule has 0 radical (unpaired) electrons. The maximum atomic E-state index is 11.6. The van der Waals surface area contributed by atoms with Crippen molar-refractivity contribution < 1.29 is 9.53 Å². The number of aromatic nitrogens is 1. The zero-order valence-electron chi connectivity index (χ0n) is 9.78. The van der Waals surface area contributed by atoms with Crippen LogP contribution in [-0.2, 0) is 4.74 Å². The standard InChI is InChI=1S/C13H8Cl3NO2/c1-19-13(18)8-4-5-17-12(11(8)16)9-6-7(14)2-3-10(9)15/h2-6H,1H3. The van der Waals surface area contributed by atoms with Crippen molar-refractivity contribution in [3.63, 3.8) is 0 Å². The summed E-state index contributed by atoms with van der Waals surface area (Å²) in [6.07, 6.45) is 1.46. The molecule has 0 fully saturated rings. The first-order valence-corrected chi connectivity index (χ1v) is 6.36. The number of rotatable bonds is 2. The molecule has 0 amide bonds. The number of hydrogen-bond donors (Lipinski definition) is 0. The van der Waals surface area contributed by atoms with Crippen molar-refractivity contribution in [2.24, 2.45) is 0 Å². The van der Waals surface area contributed by atoms with Gasteiger partial charge in [0, 0.05) is 16.8 Å². The van der Waals surface area contributed by atoms with Crippen LogP contribution in [0.2, 0.25) is 15.1 Å². The van der Waals surface area contributed by atoms with Gasteiger partial charge in [0.25, 0.3) is 0 Å². The molecule has 2 rings (SSSR count). The Balaban J connectivity index is 2.63. The minimum Gasteiger partial charge on any atom is -0.465 e. The average molecular weight is 317 g/mol. The number of methoxy groups -OCH3 is 1. The van der Waals surface area contributed by atoms with E-state index in [2.05, 4.69) is 9.72 Å². The van der Waals surface area contributed by atoms with E-state index in [4.69, 9.17) is 34.8 Å². The number of carbonyl (C=O) groups is 1. The van der Waals surface area contributed by atoms with E-state index in [1.54, 1.807) is 18.2 Å². The summed E-state index contributed by atoms with van der Waals surface area (Å²) in [5, 5.41) is 1.13. The quantitative estimate of drug-likeness (QED) is 0.766. The van der Waals surface area contributed by atoms with Crippen LogP contribution in [0.3, 0.4) is 0 Å². The van der Waals surface area contributed by atoms with Crippen molar-refractivity contribution in [1.29, 1.82) is 0 Å². The van der Waals surface area contributed by atoms with Gasteiger partial charge in [-0.3, -0.25) is 4.98 Å². The molecule has 0 spiro atoms. The predicted molar refractivity (Wildman–Crippen MR) is 76.0 cm³/mol. The Bertz CT molecular complexity index is 644. The van der Waals surface area contributed by atoms with Crippen molar-refractivity contribution in [3.8, 4) is 11.3 Å². The maximum absolute atomic E-state index is 11.6. The Labute approximate surface area is 125 Å². The largest absolute Gasteiger partial charge is 0.465 e. The lowest BCUT2D eigenvalue weighted by Gasteiger charge is -2.09. The number of hydrogen-bond acceptors (Lipinski definition) is 3. The Morgan fingerprint density at radius 3 is 2.63 bits per heavy atom. The van der Waals surface area contributed by atoms with E-state index >= 15 is 0 Å². The Kier molecular flexibility index (Phi) is 4.30. The van der Waals surface area contributed by atoms with Gasteiger partial charge in [-0.05, 0) is 24.3 Å². The predicted octanol–water partition coefficient (Wildman–Crippen LogP) is 4.50. The van der Waals surface area contributed by atoms with E-state index in [0.717, 1.165) is 0 Å². The van der Waals surface area contributed by atoms with Crippen molar-refractivity contribution in [2.45, 2.75) is 0 Å². The van der Waals surface area contributed by atoms with Crippen LogP contribution in [0.25, 0.3) is 11.3 Å². The van der Waals surface area contributed by atoms with E-state index in [9.17, 15) is 4.79 Å². The zero-order chi connectivity index (χ0) is 14.0. The SMILES string of the molecule is COC(=O)c1ccnc(-c2cc(Cl)ccc2Cl)c1Cl. The minimum atomic E-state index is -0.535. The highest BCUT2D eigenvalue weighted by molar-refractivity contribution is 6.38. The van der Waals surface area contributed by atoms with Crippen LogP contribution in [0.1, 0.15) is 10.4 Å². The van der Waals surface area contributed by atoms with Crippen LogP contribution >= 0.6 is 34.8 Å². The minimum absolute atomic E-state index is 0.179. The smallest absolute Gasteiger partial charge is 0.339 e. The summed E-state index contributed by atoms with van der Waals surface area (Å²) in [5.74, 6) is -0.535. The van der Waals surface area contributed by atoms with Crippen LogP contribution in [0.4, 0.5) is 0 Å². The molecule has 19 heavy (non-hydrogen) atoms. The van der Waals surface area contributed by atoms with Crippen LogP contribution in [0.15, 0.2) is 30.5 Å². The van der Waals surface area contributed by atoms with E-state index in [-0.39, 0.29) is 10.6 Å². The summed E-state index contributed by atoms with van der Waals surface area (Å²) in [7, 11) is 1.28. The van der Waals surface area contributed by atoms with Gasteiger partial charge in [0.15, 0.2) is 0 Å². The van der Waals surface area contributed by atoms with Crippen molar-refractivity contribution in [2.75, 3.05) is 7.11 Å². The molecule has 98 valence electrons. The van der Waals surface area contributed by atoms with E-state index < -0.39 is 5.97 Å². The van der Waals surface area contributed by atoms with Crippen LogP contribution in [-0.4, -0.2) is 18.1 Å². The van der Waals surface area contributed by atoms with Gasteiger partial charge in [0.1, 0.15) is 0 Å². The number of carbonyl (C=O) groups excluding carboxylic acids is 1. The van der Waals surface area contributed by atoms with Gasteiger partial charge in [-0.1, -0.05) is 34.8 Å². The van der Waals surface area contributed by atoms with Gasteiger partial charge in [-0.25, -0.2) is 4.79 Å². The summed E-state index contributed by atoms with van der Waals surface area (Å²) in [4.78, 5) is 15.7. The normalized spacial score (nSPS) is 10.3. The van der Waals surface area contributed by atoms with Crippen LogP contribution < -0.4 is 0 Å². The fraction of sp³-hybridized carbons (Fsp3) is 0.0769. The molecule has 0 aliphatic carbocycles. The molecule has 1 heterocycles. The third kappa shape index (κ3) is 2.84. The Hall–Kier alpha value is -1.29. The fourth-order valence-corrected chi connectivity index (χ4v) is 2.25. The molecule has 0 bridgehead atoms. The molecule has 1 aromatic heterocycles. The van der Waals surface area contributed by atoms with Crippen LogP contribution in [0.5, 0.6) is 0 Å². The van der Waals surface area contributed by atoms with Gasteiger partial charge in [-0.2, -0.15) is 0 Å². The highest BCUT2D eigenvalue weighted by Crippen LogP contribution is 2.35. The third-order valence-corrected chi connectivity index (χ3v) is 3.43. The van der Waals surface area contributed by atoms with Gasteiger partial charge >= 0.3 is 5.97 Å². The first-order valence-electron chi connectivity index (χ1n) is 5.23. The second kappa shape index (κ2) is 5.78. The van der Waals surface area contributed by atoms with Crippen molar-refractivity contribution in [3.05, 3.63) is 51.1 Å². The monoisotopic (exact) mass is 315 g/mol. The highest BCUT2D eigenvalue weighted by atomic mass is 35.5. The lowest BCUT2D eigenvalue weighted by Crippen LogP contribution is -2.03. The Morgan fingerprint density at radius 2 is 1.95 bits per heavy atom. The Morgan fingerprint density at radius 1 is 1.21 bits per heavy atom. The number of ether oxygens (including phenoxy) is 1. The maximum Gasteiger partial charge on any atom is 0.339 e. The third-order valence-electron chi connectivity index (χ3n) is 2.48. The van der Waals surface area contributed by atoms with E-state index in [1.807, 2.05) is 0 Å². The average Bonchev–Trinajstić information content (AvgIpc) is 2.41. The molecular formula is C13H8Cl3NO2. The van der Waals surface area contributed by atoms with Crippen molar-refractivity contribution >= 4 is 40.8 Å². The van der Waals surface area contributed by atoms with Crippen molar-refractivity contribution in [1.82, 2.24) is 4.98 Å². The molecule has 3 nitrogen and oxygen atoms in total.